The molecule has 2 amide bonds. The summed E-state index contributed by atoms with van der Waals surface area (Å²) in [5.41, 5.74) is -0.264. The largest absolute Gasteiger partial charge is 0.497 e. The molecule has 2 aliphatic heterocycles. The van der Waals surface area contributed by atoms with E-state index in [0.717, 1.165) is 11.3 Å². The summed E-state index contributed by atoms with van der Waals surface area (Å²) in [5.74, 6) is 0.108. The minimum Gasteiger partial charge on any atom is -0.497 e. The van der Waals surface area contributed by atoms with Gasteiger partial charge in [-0.05, 0) is 57.7 Å². The predicted molar refractivity (Wildman–Crippen MR) is 121 cm³/mol. The lowest BCUT2D eigenvalue weighted by Gasteiger charge is -2.54. The van der Waals surface area contributed by atoms with E-state index in [1.54, 1.807) is 39.8 Å². The molecule has 33 heavy (non-hydrogen) atoms. The molecule has 1 N–H and O–H groups in total. The second-order valence-electron chi connectivity index (χ2n) is 10.6. The number of likely N-dealkylation sites (N-methyl/N-ethyl adjacent to an activating group) is 1. The summed E-state index contributed by atoms with van der Waals surface area (Å²) in [5, 5.41) is 11.2. The first-order valence-corrected chi connectivity index (χ1v) is 11.6. The number of aliphatic hydroxyl groups excluding tert-OH is 1. The van der Waals surface area contributed by atoms with Crippen LogP contribution in [0.2, 0.25) is 0 Å². The van der Waals surface area contributed by atoms with Gasteiger partial charge in [-0.25, -0.2) is 4.79 Å². The Kier molecular flexibility index (Phi) is 5.93. The number of piperidine rings is 1. The number of benzene rings is 1. The van der Waals surface area contributed by atoms with E-state index >= 15 is 0 Å². The fourth-order valence-corrected chi connectivity index (χ4v) is 5.74. The number of nitrogens with zero attached hydrogens (tertiary/aromatic N) is 2. The van der Waals surface area contributed by atoms with Crippen molar-refractivity contribution in [3.63, 3.8) is 0 Å². The summed E-state index contributed by atoms with van der Waals surface area (Å²) < 4.78 is 10.7. The van der Waals surface area contributed by atoms with Crippen molar-refractivity contribution in [3.8, 4) is 5.75 Å². The predicted octanol–water partition coefficient (Wildman–Crippen LogP) is 2.56. The topological polar surface area (TPSA) is 96.4 Å². The molecule has 8 nitrogen and oxygen atoms in total. The minimum absolute atomic E-state index is 0.0592. The van der Waals surface area contributed by atoms with Crippen LogP contribution in [0.5, 0.6) is 5.75 Å². The number of carbonyl (C=O) groups excluding carboxylic acids is 3. The van der Waals surface area contributed by atoms with E-state index in [4.69, 9.17) is 9.47 Å². The maximum Gasteiger partial charge on any atom is 0.410 e. The zero-order valence-electron chi connectivity index (χ0n) is 20.0. The van der Waals surface area contributed by atoms with Gasteiger partial charge in [-0.1, -0.05) is 12.1 Å². The summed E-state index contributed by atoms with van der Waals surface area (Å²) in [6, 6.07) is 6.29. The SMILES string of the molecule is COc1ccc(C[C@H]2[C@H](O)[C@@H]3C[C@]4(CCC3=O)C[C@H](N(C)C(=O)OC(C)(C)C)C(=O)N24)cc1. The van der Waals surface area contributed by atoms with E-state index in [9.17, 15) is 19.5 Å². The number of Topliss-reactive ketones (excluding diaryl/α,β-unsaturated/α-hetero) is 1. The van der Waals surface area contributed by atoms with Crippen LogP contribution >= 0.6 is 0 Å². The molecule has 1 aromatic rings. The highest BCUT2D eigenvalue weighted by atomic mass is 16.6. The standard InChI is InChI=1S/C25H34N2O6/c1-24(2,3)33-23(31)26(4)19-14-25-11-10-20(28)17(13-25)21(29)18(27(25)22(19)30)12-15-6-8-16(32-5)9-7-15/h6-9,17-19,21,29H,10-14H2,1-5H3/t17-,18+,19+,21-,25-/m1/s1. The van der Waals surface area contributed by atoms with Crippen LogP contribution in [-0.2, 0) is 20.7 Å². The van der Waals surface area contributed by atoms with Crippen LogP contribution in [0, 0.1) is 5.92 Å². The van der Waals surface area contributed by atoms with E-state index in [2.05, 4.69) is 0 Å². The number of ketones is 1. The number of methoxy groups -OCH3 is 1. The van der Waals surface area contributed by atoms with Gasteiger partial charge in [-0.2, -0.15) is 0 Å². The maximum atomic E-state index is 13.7. The molecule has 8 heteroatoms. The van der Waals surface area contributed by atoms with Crippen LogP contribution in [0.25, 0.3) is 0 Å². The Morgan fingerprint density at radius 2 is 1.88 bits per heavy atom. The molecule has 1 aliphatic carbocycles. The molecule has 1 saturated carbocycles. The van der Waals surface area contributed by atoms with Crippen molar-refractivity contribution >= 4 is 17.8 Å². The molecule has 180 valence electrons. The van der Waals surface area contributed by atoms with Crippen molar-refractivity contribution in [2.45, 2.75) is 82.2 Å². The average molecular weight is 459 g/mol. The van der Waals surface area contributed by atoms with Gasteiger partial charge in [0.2, 0.25) is 5.91 Å². The van der Waals surface area contributed by atoms with Crippen molar-refractivity contribution in [1.82, 2.24) is 9.80 Å². The third-order valence-corrected chi connectivity index (χ3v) is 7.35. The normalized spacial score (nSPS) is 31.3. The highest BCUT2D eigenvalue weighted by molar-refractivity contribution is 5.91. The molecule has 2 bridgehead atoms. The maximum absolute atomic E-state index is 13.7. The molecular formula is C25H34N2O6. The van der Waals surface area contributed by atoms with Crippen molar-refractivity contribution in [1.29, 1.82) is 0 Å². The lowest BCUT2D eigenvalue weighted by molar-refractivity contribution is -0.162. The number of hydrogen-bond acceptors (Lipinski definition) is 6. The quantitative estimate of drug-likeness (QED) is 0.745. The zero-order chi connectivity index (χ0) is 24.1. The van der Waals surface area contributed by atoms with Crippen LogP contribution in [0.1, 0.15) is 52.0 Å². The Hall–Kier alpha value is -2.61. The van der Waals surface area contributed by atoms with E-state index in [-0.39, 0.29) is 11.7 Å². The van der Waals surface area contributed by atoms with Crippen LogP contribution < -0.4 is 4.74 Å². The third kappa shape index (κ3) is 4.21. The monoisotopic (exact) mass is 458 g/mol. The Balaban J connectivity index is 1.65. The summed E-state index contributed by atoms with van der Waals surface area (Å²) in [7, 11) is 3.19. The summed E-state index contributed by atoms with van der Waals surface area (Å²) in [6.45, 7) is 5.36. The number of fused-ring (bicyclic) bond motifs is 1. The molecule has 3 fully saturated rings. The van der Waals surface area contributed by atoms with E-state index < -0.39 is 41.3 Å². The number of carbonyl (C=O) groups is 3. The first-order chi connectivity index (χ1) is 15.5. The molecule has 4 rings (SSSR count). The van der Waals surface area contributed by atoms with E-state index in [1.807, 2.05) is 24.3 Å². The summed E-state index contributed by atoms with van der Waals surface area (Å²) in [6.07, 6.45) is 0.705. The second kappa shape index (κ2) is 8.31. The molecular weight excluding hydrogens is 424 g/mol. The first kappa shape index (κ1) is 23.5. The van der Waals surface area contributed by atoms with Crippen LogP contribution in [0.4, 0.5) is 4.79 Å². The summed E-state index contributed by atoms with van der Waals surface area (Å²) in [4.78, 5) is 42.3. The molecule has 3 aliphatic rings. The van der Waals surface area contributed by atoms with Gasteiger partial charge in [0.15, 0.2) is 0 Å². The number of ether oxygens (including phenoxy) is 2. The molecule has 2 saturated heterocycles. The lowest BCUT2D eigenvalue weighted by atomic mass is 9.65. The fraction of sp³-hybridized carbons (Fsp3) is 0.640. The van der Waals surface area contributed by atoms with Gasteiger partial charge in [0.05, 0.1) is 19.3 Å². The number of amides is 2. The second-order valence-corrected chi connectivity index (χ2v) is 10.6. The van der Waals surface area contributed by atoms with Gasteiger partial charge in [0.25, 0.3) is 0 Å². The van der Waals surface area contributed by atoms with Crippen LogP contribution in [0.15, 0.2) is 24.3 Å². The zero-order valence-corrected chi connectivity index (χ0v) is 20.0. The Morgan fingerprint density at radius 3 is 2.48 bits per heavy atom. The van der Waals surface area contributed by atoms with Crippen molar-refractivity contribution in [2.24, 2.45) is 5.92 Å². The van der Waals surface area contributed by atoms with Crippen molar-refractivity contribution < 1.29 is 29.0 Å². The molecule has 0 unspecified atom stereocenters. The average Bonchev–Trinajstić information content (AvgIpc) is 3.04. The third-order valence-electron chi connectivity index (χ3n) is 7.35. The molecule has 0 radical (unpaired) electrons. The van der Waals surface area contributed by atoms with Crippen molar-refractivity contribution in [2.75, 3.05) is 14.2 Å². The minimum atomic E-state index is -0.942. The number of aliphatic hydroxyl groups is 1. The van der Waals surface area contributed by atoms with Gasteiger partial charge >= 0.3 is 6.09 Å². The first-order valence-electron chi connectivity index (χ1n) is 11.6. The number of rotatable bonds is 4. The summed E-state index contributed by atoms with van der Waals surface area (Å²) >= 11 is 0. The molecule has 2 heterocycles. The van der Waals surface area contributed by atoms with E-state index in [0.29, 0.717) is 32.1 Å². The molecule has 0 aromatic heterocycles. The van der Waals surface area contributed by atoms with E-state index in [1.165, 1.54) is 4.90 Å². The molecule has 1 spiro atoms. The smallest absolute Gasteiger partial charge is 0.410 e. The molecule has 5 atom stereocenters. The Labute approximate surface area is 194 Å². The highest BCUT2D eigenvalue weighted by Gasteiger charge is 2.63. The lowest BCUT2D eigenvalue weighted by Crippen LogP contribution is -2.66. The Bertz CT molecular complexity index is 939. The Morgan fingerprint density at radius 1 is 1.21 bits per heavy atom. The van der Waals surface area contributed by atoms with Gasteiger partial charge in [-0.3, -0.25) is 14.5 Å². The highest BCUT2D eigenvalue weighted by Crippen LogP contribution is 2.51. The van der Waals surface area contributed by atoms with Crippen LogP contribution in [0.3, 0.4) is 0 Å². The van der Waals surface area contributed by atoms with Gasteiger partial charge < -0.3 is 19.5 Å². The van der Waals surface area contributed by atoms with Gasteiger partial charge in [-0.15, -0.1) is 0 Å². The fourth-order valence-electron chi connectivity index (χ4n) is 5.74. The molecule has 1 aromatic carbocycles. The van der Waals surface area contributed by atoms with Crippen LogP contribution in [-0.4, -0.2) is 76.2 Å². The number of hydrogen-bond donors (Lipinski definition) is 1. The van der Waals surface area contributed by atoms with Crippen molar-refractivity contribution in [3.05, 3.63) is 29.8 Å². The van der Waals surface area contributed by atoms with Gasteiger partial charge in [0.1, 0.15) is 23.2 Å². The van der Waals surface area contributed by atoms with Gasteiger partial charge in [0, 0.05) is 31.3 Å².